The molecule has 7 nitrogen and oxygen atoms in total. The number of carbonyl (C=O) groups is 1. The summed E-state index contributed by atoms with van der Waals surface area (Å²) in [5.41, 5.74) is 1.54. The van der Waals surface area contributed by atoms with Gasteiger partial charge in [0.15, 0.2) is 17.3 Å². The second-order valence-electron chi connectivity index (χ2n) is 8.42. The van der Waals surface area contributed by atoms with Gasteiger partial charge in [-0.1, -0.05) is 49.3 Å². The number of hydrogen-bond acceptors (Lipinski definition) is 6. The quantitative estimate of drug-likeness (QED) is 0.635. The molecular formula is C24H25N3O4. The summed E-state index contributed by atoms with van der Waals surface area (Å²) in [5.74, 6) is 2.68. The van der Waals surface area contributed by atoms with Gasteiger partial charge in [0.2, 0.25) is 12.7 Å². The molecule has 0 aliphatic carbocycles. The Bertz CT molecular complexity index is 1090. The molecule has 0 radical (unpaired) electrons. The van der Waals surface area contributed by atoms with Crippen molar-refractivity contribution in [1.29, 1.82) is 0 Å². The summed E-state index contributed by atoms with van der Waals surface area (Å²) in [7, 11) is 0. The van der Waals surface area contributed by atoms with E-state index in [1.807, 2.05) is 55.1 Å². The summed E-state index contributed by atoms with van der Waals surface area (Å²) in [4.78, 5) is 19.3. The SMILES string of the molecule is CC(C)C(=O)N1CCC(c2ccccc2)(c2noc(-c3ccc4c(c3)OCO4)n2)CC1. The third-order valence-electron chi connectivity index (χ3n) is 6.22. The molecule has 0 spiro atoms. The molecule has 2 aliphatic heterocycles. The van der Waals surface area contributed by atoms with Crippen LogP contribution in [0.15, 0.2) is 53.1 Å². The third-order valence-corrected chi connectivity index (χ3v) is 6.22. The number of hydrogen-bond donors (Lipinski definition) is 0. The Labute approximate surface area is 181 Å². The van der Waals surface area contributed by atoms with Gasteiger partial charge < -0.3 is 18.9 Å². The van der Waals surface area contributed by atoms with Crippen LogP contribution >= 0.6 is 0 Å². The lowest BCUT2D eigenvalue weighted by Crippen LogP contribution is -2.47. The molecule has 160 valence electrons. The predicted molar refractivity (Wildman–Crippen MR) is 114 cm³/mol. The molecule has 1 aromatic heterocycles. The van der Waals surface area contributed by atoms with E-state index in [0.29, 0.717) is 36.3 Å². The molecule has 0 saturated carbocycles. The molecule has 7 heteroatoms. The molecule has 0 unspecified atom stereocenters. The number of rotatable bonds is 4. The van der Waals surface area contributed by atoms with Crippen molar-refractivity contribution in [2.45, 2.75) is 32.1 Å². The summed E-state index contributed by atoms with van der Waals surface area (Å²) in [6.45, 7) is 5.44. The zero-order valence-electron chi connectivity index (χ0n) is 17.7. The van der Waals surface area contributed by atoms with Crippen LogP contribution in [0.1, 0.15) is 38.1 Å². The van der Waals surface area contributed by atoms with Crippen molar-refractivity contribution in [3.05, 3.63) is 59.9 Å². The summed E-state index contributed by atoms with van der Waals surface area (Å²) >= 11 is 0. The Balaban J connectivity index is 1.48. The van der Waals surface area contributed by atoms with Crippen molar-refractivity contribution in [2.75, 3.05) is 19.9 Å². The normalized spacial score (nSPS) is 17.2. The molecule has 0 atom stereocenters. The molecule has 0 N–H and O–H groups in total. The maximum Gasteiger partial charge on any atom is 0.258 e. The zero-order valence-corrected chi connectivity index (χ0v) is 17.7. The highest BCUT2D eigenvalue weighted by molar-refractivity contribution is 5.78. The first-order valence-electron chi connectivity index (χ1n) is 10.7. The van der Waals surface area contributed by atoms with Crippen LogP contribution in [0.5, 0.6) is 11.5 Å². The highest BCUT2D eigenvalue weighted by Crippen LogP contribution is 2.42. The van der Waals surface area contributed by atoms with E-state index in [4.69, 9.17) is 19.0 Å². The van der Waals surface area contributed by atoms with Crippen LogP contribution in [-0.2, 0) is 10.2 Å². The van der Waals surface area contributed by atoms with Gasteiger partial charge in [0.25, 0.3) is 5.89 Å². The fourth-order valence-corrected chi connectivity index (χ4v) is 4.44. The van der Waals surface area contributed by atoms with E-state index >= 15 is 0 Å². The minimum atomic E-state index is -0.396. The largest absolute Gasteiger partial charge is 0.454 e. The van der Waals surface area contributed by atoms with Gasteiger partial charge in [-0.15, -0.1) is 0 Å². The number of piperidine rings is 1. The van der Waals surface area contributed by atoms with Crippen LogP contribution in [-0.4, -0.2) is 40.8 Å². The van der Waals surface area contributed by atoms with E-state index < -0.39 is 5.41 Å². The average molecular weight is 419 g/mol. The summed E-state index contributed by atoms with van der Waals surface area (Å²) in [6.07, 6.45) is 1.49. The molecule has 1 amide bonds. The number of carbonyl (C=O) groups excluding carboxylic acids is 1. The highest BCUT2D eigenvalue weighted by atomic mass is 16.7. The van der Waals surface area contributed by atoms with Crippen molar-refractivity contribution in [2.24, 2.45) is 5.92 Å². The van der Waals surface area contributed by atoms with E-state index in [1.165, 1.54) is 0 Å². The highest BCUT2D eigenvalue weighted by Gasteiger charge is 2.43. The summed E-state index contributed by atoms with van der Waals surface area (Å²) < 4.78 is 16.6. The molecule has 1 fully saturated rings. The monoisotopic (exact) mass is 419 g/mol. The smallest absolute Gasteiger partial charge is 0.258 e. The fourth-order valence-electron chi connectivity index (χ4n) is 4.44. The van der Waals surface area contributed by atoms with Crippen LogP contribution in [0.3, 0.4) is 0 Å². The molecule has 2 aromatic carbocycles. The predicted octanol–water partition coefficient (Wildman–Crippen LogP) is 4.03. The molecule has 5 rings (SSSR count). The van der Waals surface area contributed by atoms with E-state index in [2.05, 4.69) is 17.3 Å². The van der Waals surface area contributed by atoms with Crippen molar-refractivity contribution < 1.29 is 18.8 Å². The topological polar surface area (TPSA) is 77.7 Å². The number of fused-ring (bicyclic) bond motifs is 1. The lowest BCUT2D eigenvalue weighted by molar-refractivity contribution is -0.135. The van der Waals surface area contributed by atoms with E-state index in [1.54, 1.807) is 0 Å². The van der Waals surface area contributed by atoms with Crippen molar-refractivity contribution in [1.82, 2.24) is 15.0 Å². The summed E-state index contributed by atoms with van der Waals surface area (Å²) in [6, 6.07) is 15.9. The number of likely N-dealkylation sites (tertiary alicyclic amines) is 1. The van der Waals surface area contributed by atoms with Gasteiger partial charge in [0.1, 0.15) is 0 Å². The van der Waals surface area contributed by atoms with Crippen molar-refractivity contribution >= 4 is 5.91 Å². The lowest BCUT2D eigenvalue weighted by atomic mass is 9.72. The second kappa shape index (κ2) is 7.72. The van der Waals surface area contributed by atoms with Gasteiger partial charge in [-0.2, -0.15) is 4.98 Å². The van der Waals surface area contributed by atoms with Crippen molar-refractivity contribution in [3.8, 4) is 23.0 Å². The first-order chi connectivity index (χ1) is 15.1. The first kappa shape index (κ1) is 19.6. The molecule has 2 aliphatic rings. The standard InChI is InChI=1S/C24H25N3O4/c1-16(2)22(28)27-12-10-24(11-13-27,18-6-4-3-5-7-18)23-25-21(31-26-23)17-8-9-19-20(14-17)30-15-29-19/h3-9,14,16H,10-13,15H2,1-2H3. The van der Waals surface area contributed by atoms with Gasteiger partial charge in [0, 0.05) is 24.6 Å². The lowest BCUT2D eigenvalue weighted by Gasteiger charge is -2.40. The number of benzene rings is 2. The number of ether oxygens (including phenoxy) is 2. The Kier molecular flexibility index (Phi) is 4.88. The Hall–Kier alpha value is -3.35. The van der Waals surface area contributed by atoms with Gasteiger partial charge in [-0.3, -0.25) is 4.79 Å². The first-order valence-corrected chi connectivity index (χ1v) is 10.7. The fraction of sp³-hybridized carbons (Fsp3) is 0.375. The van der Waals surface area contributed by atoms with E-state index in [0.717, 1.165) is 24.0 Å². The van der Waals surface area contributed by atoms with Gasteiger partial charge in [-0.25, -0.2) is 0 Å². The van der Waals surface area contributed by atoms with Crippen LogP contribution in [0.25, 0.3) is 11.5 Å². The summed E-state index contributed by atoms with van der Waals surface area (Å²) in [5, 5.41) is 4.40. The molecule has 0 bridgehead atoms. The van der Waals surface area contributed by atoms with Gasteiger partial charge in [-0.05, 0) is 36.6 Å². The van der Waals surface area contributed by atoms with E-state index in [-0.39, 0.29) is 18.6 Å². The van der Waals surface area contributed by atoms with Crippen LogP contribution in [0.2, 0.25) is 0 Å². The molecule has 3 heterocycles. The zero-order chi connectivity index (χ0) is 21.4. The van der Waals surface area contributed by atoms with Crippen LogP contribution in [0.4, 0.5) is 0 Å². The van der Waals surface area contributed by atoms with Gasteiger partial charge >= 0.3 is 0 Å². The number of nitrogens with zero attached hydrogens (tertiary/aromatic N) is 3. The maximum atomic E-state index is 12.5. The maximum absolute atomic E-state index is 12.5. The van der Waals surface area contributed by atoms with Crippen LogP contribution < -0.4 is 9.47 Å². The Morgan fingerprint density at radius 3 is 2.52 bits per heavy atom. The number of amides is 1. The minimum absolute atomic E-state index is 0.00740. The third kappa shape index (κ3) is 3.44. The van der Waals surface area contributed by atoms with Crippen LogP contribution in [0, 0.1) is 5.92 Å². The molecule has 31 heavy (non-hydrogen) atoms. The molecule has 1 saturated heterocycles. The van der Waals surface area contributed by atoms with E-state index in [9.17, 15) is 4.79 Å². The Morgan fingerprint density at radius 1 is 1.03 bits per heavy atom. The molecule has 3 aromatic rings. The van der Waals surface area contributed by atoms with Crippen molar-refractivity contribution in [3.63, 3.8) is 0 Å². The second-order valence-corrected chi connectivity index (χ2v) is 8.42. The molecular weight excluding hydrogens is 394 g/mol. The average Bonchev–Trinajstić information content (AvgIpc) is 3.48. The minimum Gasteiger partial charge on any atom is -0.454 e. The number of aromatic nitrogens is 2. The van der Waals surface area contributed by atoms with Gasteiger partial charge in [0.05, 0.1) is 5.41 Å². The Morgan fingerprint density at radius 2 is 1.77 bits per heavy atom.